The summed E-state index contributed by atoms with van der Waals surface area (Å²) in [6.07, 6.45) is -0.346. The van der Waals surface area contributed by atoms with Crippen molar-refractivity contribution in [3.63, 3.8) is 0 Å². The van der Waals surface area contributed by atoms with Crippen LogP contribution in [0, 0.1) is 23.7 Å². The Bertz CT molecular complexity index is 900. The molecular formula is C28H36N4O4. The Labute approximate surface area is 212 Å². The van der Waals surface area contributed by atoms with Crippen molar-refractivity contribution in [2.24, 2.45) is 23.7 Å². The average Bonchev–Trinajstić information content (AvgIpc) is 3.69. The van der Waals surface area contributed by atoms with Crippen molar-refractivity contribution < 1.29 is 19.1 Å². The van der Waals surface area contributed by atoms with Gasteiger partial charge in [-0.05, 0) is 34.8 Å². The lowest BCUT2D eigenvalue weighted by Gasteiger charge is -2.17. The Morgan fingerprint density at radius 2 is 0.944 bits per heavy atom. The van der Waals surface area contributed by atoms with Gasteiger partial charge < -0.3 is 29.9 Å². The topological polar surface area (TPSA) is 83.1 Å². The molecule has 2 amide bonds. The monoisotopic (exact) mass is 492 g/mol. The van der Waals surface area contributed by atoms with Crippen LogP contribution in [0.4, 0.5) is 9.59 Å². The third kappa shape index (κ3) is 6.17. The average molecular weight is 493 g/mol. The maximum atomic E-state index is 11.9. The summed E-state index contributed by atoms with van der Waals surface area (Å²) in [6, 6.07) is 19.6. The number of likely N-dealkylation sites (tertiary alicyclic amines) is 2. The van der Waals surface area contributed by atoms with E-state index in [0.717, 1.165) is 63.5 Å². The van der Waals surface area contributed by atoms with Gasteiger partial charge in [0.05, 0.1) is 0 Å². The first-order valence-corrected chi connectivity index (χ1v) is 13.0. The maximum absolute atomic E-state index is 11.9. The highest BCUT2D eigenvalue weighted by Crippen LogP contribution is 2.27. The van der Waals surface area contributed by atoms with E-state index >= 15 is 0 Å². The summed E-state index contributed by atoms with van der Waals surface area (Å²) < 4.78 is 10.7. The third-order valence-corrected chi connectivity index (χ3v) is 7.71. The number of hydrogen-bond acceptors (Lipinski definition) is 6. The van der Waals surface area contributed by atoms with Gasteiger partial charge in [-0.15, -0.1) is 0 Å². The Morgan fingerprint density at radius 1 is 0.611 bits per heavy atom. The van der Waals surface area contributed by atoms with Gasteiger partial charge in [-0.3, -0.25) is 0 Å². The molecule has 4 aliphatic rings. The van der Waals surface area contributed by atoms with Crippen molar-refractivity contribution in [3.05, 3.63) is 71.8 Å². The predicted octanol–water partition coefficient (Wildman–Crippen LogP) is 2.95. The molecule has 0 aliphatic carbocycles. The first-order valence-electron chi connectivity index (χ1n) is 13.0. The van der Waals surface area contributed by atoms with Crippen LogP contribution in [0.25, 0.3) is 0 Å². The van der Waals surface area contributed by atoms with E-state index in [9.17, 15) is 9.59 Å². The van der Waals surface area contributed by atoms with Crippen LogP contribution >= 0.6 is 0 Å². The summed E-state index contributed by atoms with van der Waals surface area (Å²) in [5.41, 5.74) is 2.07. The quantitative estimate of drug-likeness (QED) is 0.683. The SMILES string of the molecule is O=C(OCc1ccccc1)N1C[C@H]2CNC[C@H]2C1.O=C(OCc1ccccc1)N1C[C@H]2CNC[C@H]2C1. The second kappa shape index (κ2) is 11.8. The van der Waals surface area contributed by atoms with Crippen molar-refractivity contribution in [1.29, 1.82) is 0 Å². The fourth-order valence-electron chi connectivity index (χ4n) is 5.63. The highest BCUT2D eigenvalue weighted by molar-refractivity contribution is 5.68. The van der Waals surface area contributed by atoms with Gasteiger partial charge in [0.2, 0.25) is 0 Å². The zero-order valence-electron chi connectivity index (χ0n) is 20.7. The van der Waals surface area contributed by atoms with Gasteiger partial charge >= 0.3 is 12.2 Å². The maximum Gasteiger partial charge on any atom is 0.410 e. The van der Waals surface area contributed by atoms with E-state index in [2.05, 4.69) is 10.6 Å². The van der Waals surface area contributed by atoms with Crippen LogP contribution in [-0.4, -0.2) is 74.3 Å². The molecule has 36 heavy (non-hydrogen) atoms. The molecule has 2 aromatic carbocycles. The second-order valence-electron chi connectivity index (χ2n) is 10.2. The molecule has 0 radical (unpaired) electrons. The molecule has 8 heteroatoms. The van der Waals surface area contributed by atoms with Crippen LogP contribution in [0.3, 0.4) is 0 Å². The number of carbonyl (C=O) groups excluding carboxylic acids is 2. The van der Waals surface area contributed by atoms with Gasteiger partial charge in [0.15, 0.2) is 0 Å². The van der Waals surface area contributed by atoms with Crippen molar-refractivity contribution >= 4 is 12.2 Å². The van der Waals surface area contributed by atoms with Gasteiger partial charge in [-0.1, -0.05) is 60.7 Å². The number of carbonyl (C=O) groups is 2. The van der Waals surface area contributed by atoms with E-state index in [1.54, 1.807) is 0 Å². The number of nitrogens with one attached hydrogen (secondary N) is 2. The molecule has 2 aromatic rings. The summed E-state index contributed by atoms with van der Waals surface area (Å²) in [6.45, 7) is 8.22. The molecule has 4 fully saturated rings. The lowest BCUT2D eigenvalue weighted by Crippen LogP contribution is -2.32. The second-order valence-corrected chi connectivity index (χ2v) is 10.2. The van der Waals surface area contributed by atoms with Crippen molar-refractivity contribution in [1.82, 2.24) is 20.4 Å². The van der Waals surface area contributed by atoms with Gasteiger partial charge in [0.25, 0.3) is 0 Å². The fraction of sp³-hybridized carbons (Fsp3) is 0.500. The largest absolute Gasteiger partial charge is 0.445 e. The molecule has 0 bridgehead atoms. The minimum absolute atomic E-state index is 0.173. The molecule has 2 N–H and O–H groups in total. The minimum Gasteiger partial charge on any atom is -0.445 e. The highest BCUT2D eigenvalue weighted by atomic mass is 16.6. The van der Waals surface area contributed by atoms with Crippen molar-refractivity contribution in [3.8, 4) is 0 Å². The highest BCUT2D eigenvalue weighted by Gasteiger charge is 2.39. The molecule has 0 spiro atoms. The molecular weight excluding hydrogens is 456 g/mol. The number of benzene rings is 2. The van der Waals surface area contributed by atoms with Gasteiger partial charge in [-0.25, -0.2) is 9.59 Å². The van der Waals surface area contributed by atoms with E-state index in [1.165, 1.54) is 0 Å². The summed E-state index contributed by atoms with van der Waals surface area (Å²) in [5.74, 6) is 2.48. The standard InChI is InChI=1S/2C14H18N2O2/c2*17-14(18-10-11-4-2-1-3-5-11)16-8-12-6-15-7-13(12)9-16/h2*1-5,12-13,15H,6-10H2/t2*12-,13+. The van der Waals surface area contributed by atoms with E-state index in [0.29, 0.717) is 36.9 Å². The first kappa shape index (κ1) is 24.6. The molecule has 0 aromatic heterocycles. The van der Waals surface area contributed by atoms with Gasteiger partial charge in [0.1, 0.15) is 13.2 Å². The Morgan fingerprint density at radius 3 is 1.28 bits per heavy atom. The van der Waals surface area contributed by atoms with Crippen LogP contribution in [0.15, 0.2) is 60.7 Å². The van der Waals surface area contributed by atoms with Gasteiger partial charge in [-0.2, -0.15) is 0 Å². The Kier molecular flexibility index (Phi) is 8.03. The van der Waals surface area contributed by atoms with E-state index in [-0.39, 0.29) is 12.2 Å². The van der Waals surface area contributed by atoms with E-state index < -0.39 is 0 Å². The lowest BCUT2D eigenvalue weighted by atomic mass is 10.0. The number of rotatable bonds is 4. The molecule has 4 aliphatic heterocycles. The van der Waals surface area contributed by atoms with Crippen molar-refractivity contribution in [2.75, 3.05) is 52.4 Å². The van der Waals surface area contributed by atoms with Crippen LogP contribution < -0.4 is 10.6 Å². The molecule has 4 atom stereocenters. The number of nitrogens with zero attached hydrogens (tertiary/aromatic N) is 2. The minimum atomic E-state index is -0.173. The number of fused-ring (bicyclic) bond motifs is 2. The molecule has 0 saturated carbocycles. The summed E-state index contributed by atoms with van der Waals surface area (Å²) in [4.78, 5) is 27.6. The summed E-state index contributed by atoms with van der Waals surface area (Å²) in [7, 11) is 0. The number of ether oxygens (including phenoxy) is 2. The summed E-state index contributed by atoms with van der Waals surface area (Å²) in [5, 5.41) is 6.73. The smallest absolute Gasteiger partial charge is 0.410 e. The van der Waals surface area contributed by atoms with Crippen LogP contribution in [0.2, 0.25) is 0 Å². The number of hydrogen-bond donors (Lipinski definition) is 2. The third-order valence-electron chi connectivity index (χ3n) is 7.71. The lowest BCUT2D eigenvalue weighted by molar-refractivity contribution is 0.101. The van der Waals surface area contributed by atoms with Crippen molar-refractivity contribution in [2.45, 2.75) is 13.2 Å². The molecule has 8 nitrogen and oxygen atoms in total. The van der Waals surface area contributed by atoms with Crippen LogP contribution in [-0.2, 0) is 22.7 Å². The zero-order chi connectivity index (χ0) is 24.7. The Hall–Kier alpha value is -3.10. The van der Waals surface area contributed by atoms with Crippen LogP contribution in [0.5, 0.6) is 0 Å². The normalized spacial score (nSPS) is 26.1. The summed E-state index contributed by atoms with van der Waals surface area (Å²) >= 11 is 0. The molecule has 0 unspecified atom stereocenters. The van der Waals surface area contributed by atoms with Crippen LogP contribution in [0.1, 0.15) is 11.1 Å². The molecule has 4 saturated heterocycles. The predicted molar refractivity (Wildman–Crippen MR) is 136 cm³/mol. The van der Waals surface area contributed by atoms with E-state index in [1.807, 2.05) is 70.5 Å². The number of amides is 2. The Balaban J connectivity index is 0.000000148. The molecule has 4 heterocycles. The zero-order valence-corrected chi connectivity index (χ0v) is 20.7. The van der Waals surface area contributed by atoms with Gasteiger partial charge in [0, 0.05) is 52.4 Å². The molecule has 6 rings (SSSR count). The fourth-order valence-corrected chi connectivity index (χ4v) is 5.63. The first-order chi connectivity index (χ1) is 17.7. The molecule has 192 valence electrons. The van der Waals surface area contributed by atoms with E-state index in [4.69, 9.17) is 9.47 Å².